The third-order valence-corrected chi connectivity index (χ3v) is 11.2. The summed E-state index contributed by atoms with van der Waals surface area (Å²) in [5.74, 6) is 0. The van der Waals surface area contributed by atoms with Crippen LogP contribution in [0, 0.1) is 0 Å². The van der Waals surface area contributed by atoms with Crippen LogP contribution in [-0.4, -0.2) is 0 Å². The van der Waals surface area contributed by atoms with E-state index in [9.17, 15) is 0 Å². The molecule has 0 aliphatic rings. The van der Waals surface area contributed by atoms with Crippen molar-refractivity contribution in [1.29, 1.82) is 0 Å². The van der Waals surface area contributed by atoms with Crippen molar-refractivity contribution in [1.82, 2.24) is 0 Å². The molecule has 0 radical (unpaired) electrons. The number of hydrogen-bond donors (Lipinski definition) is 0. The van der Waals surface area contributed by atoms with E-state index in [1.807, 2.05) is 17.4 Å². The first-order valence-electron chi connectivity index (χ1n) is 17.3. The molecular formula is C48H31NOS. The molecule has 0 aliphatic carbocycles. The molecule has 0 bridgehead atoms. The van der Waals surface area contributed by atoms with Gasteiger partial charge in [0.1, 0.15) is 11.2 Å². The van der Waals surface area contributed by atoms with Gasteiger partial charge in [-0.3, -0.25) is 0 Å². The van der Waals surface area contributed by atoms with E-state index in [1.165, 1.54) is 58.9 Å². The largest absolute Gasteiger partial charge is 0.456 e. The zero-order chi connectivity index (χ0) is 33.7. The highest BCUT2D eigenvalue weighted by atomic mass is 32.1. The molecule has 2 heterocycles. The normalized spacial score (nSPS) is 11.5. The highest BCUT2D eigenvalue weighted by Crippen LogP contribution is 2.48. The molecular weight excluding hydrogens is 639 g/mol. The lowest BCUT2D eigenvalue weighted by Crippen LogP contribution is -2.10. The van der Waals surface area contributed by atoms with Crippen molar-refractivity contribution in [2.45, 2.75) is 0 Å². The summed E-state index contributed by atoms with van der Waals surface area (Å²) in [4.78, 5) is 2.41. The minimum absolute atomic E-state index is 0.923. The average molecular weight is 670 g/mol. The van der Waals surface area contributed by atoms with E-state index in [1.54, 1.807) is 0 Å². The number of para-hydroxylation sites is 1. The van der Waals surface area contributed by atoms with Crippen LogP contribution in [0.25, 0.3) is 75.5 Å². The van der Waals surface area contributed by atoms with Gasteiger partial charge in [-0.2, -0.15) is 0 Å². The third kappa shape index (κ3) is 5.01. The topological polar surface area (TPSA) is 16.4 Å². The van der Waals surface area contributed by atoms with E-state index < -0.39 is 0 Å². The van der Waals surface area contributed by atoms with Gasteiger partial charge in [0.25, 0.3) is 0 Å². The standard InChI is InChI=1S/C48H31NOS/c1-3-12-32(13-4-1)33-22-26-36(27-23-33)49(37-28-24-35(25-29-37)39-17-8-7-16-38(39)34-14-5-2-6-15-34)43-20-11-19-40-41-30-31-45-46(48(41)51-47(40)43)42-18-9-10-21-44(42)50-45/h1-31H. The first-order valence-corrected chi connectivity index (χ1v) is 18.1. The minimum Gasteiger partial charge on any atom is -0.456 e. The van der Waals surface area contributed by atoms with Crippen LogP contribution in [0.3, 0.4) is 0 Å². The molecule has 240 valence electrons. The van der Waals surface area contributed by atoms with Crippen molar-refractivity contribution in [2.24, 2.45) is 0 Å². The number of anilines is 3. The first kappa shape index (κ1) is 29.5. The lowest BCUT2D eigenvalue weighted by molar-refractivity contribution is 0.669. The summed E-state index contributed by atoms with van der Waals surface area (Å²) < 4.78 is 8.80. The smallest absolute Gasteiger partial charge is 0.136 e. The monoisotopic (exact) mass is 669 g/mol. The Morgan fingerprint density at radius 3 is 1.59 bits per heavy atom. The summed E-state index contributed by atoms with van der Waals surface area (Å²) >= 11 is 1.85. The van der Waals surface area contributed by atoms with Crippen molar-refractivity contribution < 1.29 is 4.42 Å². The van der Waals surface area contributed by atoms with E-state index >= 15 is 0 Å². The SMILES string of the molecule is c1ccc(-c2ccc(N(c3ccc(-c4ccccc4-c4ccccc4)cc3)c3cccc4c3sc3c4ccc4oc5ccccc5c43)cc2)cc1. The van der Waals surface area contributed by atoms with Gasteiger partial charge >= 0.3 is 0 Å². The van der Waals surface area contributed by atoms with Crippen LogP contribution in [0.2, 0.25) is 0 Å². The van der Waals surface area contributed by atoms with Crippen molar-refractivity contribution >= 4 is 70.5 Å². The van der Waals surface area contributed by atoms with Gasteiger partial charge < -0.3 is 9.32 Å². The zero-order valence-corrected chi connectivity index (χ0v) is 28.5. The highest BCUT2D eigenvalue weighted by Gasteiger charge is 2.21. The fourth-order valence-electron chi connectivity index (χ4n) is 7.48. The molecule has 2 nitrogen and oxygen atoms in total. The van der Waals surface area contributed by atoms with Gasteiger partial charge in [-0.25, -0.2) is 0 Å². The Labute approximate surface area is 300 Å². The van der Waals surface area contributed by atoms with Gasteiger partial charge in [-0.15, -0.1) is 11.3 Å². The van der Waals surface area contributed by atoms with Gasteiger partial charge in [-0.1, -0.05) is 140 Å². The molecule has 3 heteroatoms. The number of benzene rings is 8. The number of rotatable bonds is 6. The lowest BCUT2D eigenvalue weighted by Gasteiger charge is -2.26. The Kier molecular flexibility index (Phi) is 7.04. The van der Waals surface area contributed by atoms with Gasteiger partial charge in [0.2, 0.25) is 0 Å². The molecule has 8 aromatic carbocycles. The maximum Gasteiger partial charge on any atom is 0.136 e. The molecule has 0 amide bonds. The van der Waals surface area contributed by atoms with Crippen LogP contribution in [0.15, 0.2) is 192 Å². The summed E-state index contributed by atoms with van der Waals surface area (Å²) in [6.45, 7) is 0. The molecule has 10 rings (SSSR count). The molecule has 0 spiro atoms. The Morgan fingerprint density at radius 1 is 0.353 bits per heavy atom. The van der Waals surface area contributed by atoms with Crippen LogP contribution in [0.1, 0.15) is 0 Å². The van der Waals surface area contributed by atoms with Gasteiger partial charge in [-0.05, 0) is 81.9 Å². The fraction of sp³-hybridized carbons (Fsp3) is 0. The van der Waals surface area contributed by atoms with Crippen LogP contribution in [0.4, 0.5) is 17.1 Å². The Bertz CT molecular complexity index is 2830. The second-order valence-corrected chi connectivity index (χ2v) is 13.9. The minimum atomic E-state index is 0.923. The summed E-state index contributed by atoms with van der Waals surface area (Å²) in [5.41, 5.74) is 12.5. The highest BCUT2D eigenvalue weighted by molar-refractivity contribution is 7.27. The number of hydrogen-bond acceptors (Lipinski definition) is 3. The average Bonchev–Trinajstić information content (AvgIpc) is 3.78. The summed E-state index contributed by atoms with van der Waals surface area (Å²) in [7, 11) is 0. The van der Waals surface area contributed by atoms with Crippen molar-refractivity contribution in [3.8, 4) is 33.4 Å². The van der Waals surface area contributed by atoms with Crippen LogP contribution in [0.5, 0.6) is 0 Å². The van der Waals surface area contributed by atoms with Crippen LogP contribution in [-0.2, 0) is 0 Å². The Morgan fingerprint density at radius 2 is 0.882 bits per heavy atom. The summed E-state index contributed by atoms with van der Waals surface area (Å²) in [5, 5.41) is 4.85. The molecule has 0 saturated heterocycles. The van der Waals surface area contributed by atoms with E-state index in [2.05, 4.69) is 187 Å². The second kappa shape index (κ2) is 12.2. The number of thiophene rings is 1. The van der Waals surface area contributed by atoms with Gasteiger partial charge in [0.15, 0.2) is 0 Å². The summed E-state index contributed by atoms with van der Waals surface area (Å²) in [6.07, 6.45) is 0. The second-order valence-electron chi connectivity index (χ2n) is 12.9. The van der Waals surface area contributed by atoms with Crippen molar-refractivity contribution in [3.63, 3.8) is 0 Å². The molecule has 0 fully saturated rings. The first-order chi connectivity index (χ1) is 25.3. The van der Waals surface area contributed by atoms with E-state index in [4.69, 9.17) is 4.42 Å². The van der Waals surface area contributed by atoms with Gasteiger partial charge in [0, 0.05) is 37.6 Å². The van der Waals surface area contributed by atoms with E-state index in [-0.39, 0.29) is 0 Å². The zero-order valence-electron chi connectivity index (χ0n) is 27.7. The van der Waals surface area contributed by atoms with Crippen LogP contribution < -0.4 is 4.90 Å². The molecule has 10 aromatic rings. The number of furan rings is 1. The Balaban J connectivity index is 1.15. The maximum atomic E-state index is 6.30. The molecule has 0 aliphatic heterocycles. The fourth-order valence-corrected chi connectivity index (χ4v) is 8.84. The van der Waals surface area contributed by atoms with Crippen LogP contribution >= 0.6 is 11.3 Å². The third-order valence-electron chi connectivity index (χ3n) is 9.91. The molecule has 0 unspecified atom stereocenters. The molecule has 51 heavy (non-hydrogen) atoms. The quantitative estimate of drug-likeness (QED) is 0.175. The number of fused-ring (bicyclic) bond motifs is 7. The molecule has 0 saturated carbocycles. The molecule has 0 N–H and O–H groups in total. The maximum absolute atomic E-state index is 6.30. The molecule has 2 aromatic heterocycles. The Hall–Kier alpha value is -6.42. The molecule has 0 atom stereocenters. The van der Waals surface area contributed by atoms with Gasteiger partial charge in [0.05, 0.1) is 10.4 Å². The van der Waals surface area contributed by atoms with E-state index in [0.29, 0.717) is 0 Å². The van der Waals surface area contributed by atoms with Crippen molar-refractivity contribution in [3.05, 3.63) is 188 Å². The van der Waals surface area contributed by atoms with E-state index in [0.717, 1.165) is 33.6 Å². The summed E-state index contributed by atoms with van der Waals surface area (Å²) in [6, 6.07) is 67.3. The lowest BCUT2D eigenvalue weighted by atomic mass is 9.94. The predicted octanol–water partition coefficient (Wildman–Crippen LogP) is 14.4. The predicted molar refractivity (Wildman–Crippen MR) is 218 cm³/mol. The van der Waals surface area contributed by atoms with Crippen molar-refractivity contribution in [2.75, 3.05) is 4.90 Å². The number of nitrogens with zero attached hydrogens (tertiary/aromatic N) is 1.